The number of fused-ring (bicyclic) bond motifs is 1. The van der Waals surface area contributed by atoms with E-state index in [1.54, 1.807) is 13.8 Å². The van der Waals surface area contributed by atoms with Gasteiger partial charge in [-0.1, -0.05) is 29.5 Å². The molecule has 1 N–H and O–H groups in total. The summed E-state index contributed by atoms with van der Waals surface area (Å²) in [7, 11) is 0. The third-order valence-corrected chi connectivity index (χ3v) is 4.88. The Morgan fingerprint density at radius 3 is 2.80 bits per heavy atom. The lowest BCUT2D eigenvalue weighted by molar-refractivity contribution is -0.116. The molecule has 0 spiro atoms. The Morgan fingerprint density at radius 1 is 1.28 bits per heavy atom. The van der Waals surface area contributed by atoms with Gasteiger partial charge in [0, 0.05) is 11.2 Å². The van der Waals surface area contributed by atoms with Gasteiger partial charge in [-0.2, -0.15) is 0 Å². The molecule has 0 bridgehead atoms. The first-order chi connectivity index (χ1) is 12.0. The minimum atomic E-state index is -0.412. The SMILES string of the molecule is CCOC(=O)c1sc(NC(=O)Cn2c(C)cc3ccccc32)nc1C. The Bertz CT molecular complexity index is 942. The van der Waals surface area contributed by atoms with E-state index in [-0.39, 0.29) is 12.5 Å². The van der Waals surface area contributed by atoms with Gasteiger partial charge in [0.05, 0.1) is 12.3 Å². The van der Waals surface area contributed by atoms with Gasteiger partial charge in [0.2, 0.25) is 5.91 Å². The fraction of sp³-hybridized carbons (Fsp3) is 0.278. The van der Waals surface area contributed by atoms with Crippen LogP contribution in [-0.2, 0) is 16.1 Å². The fourth-order valence-corrected chi connectivity index (χ4v) is 3.57. The van der Waals surface area contributed by atoms with E-state index in [1.165, 1.54) is 0 Å². The van der Waals surface area contributed by atoms with Crippen LogP contribution in [0.5, 0.6) is 0 Å². The third kappa shape index (κ3) is 3.56. The summed E-state index contributed by atoms with van der Waals surface area (Å²) in [6.45, 7) is 5.94. The number of rotatable bonds is 5. The standard InChI is InChI=1S/C18H19N3O3S/c1-4-24-17(23)16-12(3)19-18(25-16)20-15(22)10-21-11(2)9-13-7-5-6-8-14(13)21/h5-9H,4,10H2,1-3H3,(H,19,20,22). The Hall–Kier alpha value is -2.67. The van der Waals surface area contributed by atoms with Crippen LogP contribution in [0.25, 0.3) is 10.9 Å². The molecule has 3 aromatic rings. The zero-order valence-corrected chi connectivity index (χ0v) is 15.1. The minimum Gasteiger partial charge on any atom is -0.462 e. The smallest absolute Gasteiger partial charge is 0.350 e. The van der Waals surface area contributed by atoms with Crippen molar-refractivity contribution in [2.45, 2.75) is 27.3 Å². The van der Waals surface area contributed by atoms with Gasteiger partial charge >= 0.3 is 5.97 Å². The lowest BCUT2D eigenvalue weighted by Gasteiger charge is -2.07. The topological polar surface area (TPSA) is 73.2 Å². The van der Waals surface area contributed by atoms with Gasteiger partial charge < -0.3 is 14.6 Å². The van der Waals surface area contributed by atoms with Gasteiger partial charge in [-0.3, -0.25) is 4.79 Å². The van der Waals surface area contributed by atoms with Crippen molar-refractivity contribution >= 4 is 39.2 Å². The van der Waals surface area contributed by atoms with E-state index in [0.29, 0.717) is 22.3 Å². The Kier molecular flexibility index (Phi) is 4.85. The number of esters is 1. The van der Waals surface area contributed by atoms with Crippen molar-refractivity contribution in [1.82, 2.24) is 9.55 Å². The van der Waals surface area contributed by atoms with Crippen molar-refractivity contribution in [3.8, 4) is 0 Å². The van der Waals surface area contributed by atoms with Crippen molar-refractivity contribution in [3.05, 3.63) is 46.6 Å². The maximum atomic E-state index is 12.4. The van der Waals surface area contributed by atoms with Gasteiger partial charge in [0.25, 0.3) is 0 Å². The summed E-state index contributed by atoms with van der Waals surface area (Å²) in [5.74, 6) is -0.598. The van der Waals surface area contributed by atoms with Crippen LogP contribution in [0.15, 0.2) is 30.3 Å². The highest BCUT2D eigenvalue weighted by atomic mass is 32.1. The first-order valence-corrected chi connectivity index (χ1v) is 8.80. The van der Waals surface area contributed by atoms with Crippen LogP contribution in [0.1, 0.15) is 28.0 Å². The van der Waals surface area contributed by atoms with Gasteiger partial charge in [-0.05, 0) is 38.3 Å². The number of aryl methyl sites for hydroxylation is 2. The highest BCUT2D eigenvalue weighted by Gasteiger charge is 2.18. The molecule has 0 unspecified atom stereocenters. The molecule has 0 aliphatic carbocycles. The molecule has 0 radical (unpaired) electrons. The molecule has 130 valence electrons. The van der Waals surface area contributed by atoms with Crippen LogP contribution in [0.2, 0.25) is 0 Å². The number of hydrogen-bond acceptors (Lipinski definition) is 5. The molecule has 1 aromatic carbocycles. The molecule has 0 saturated carbocycles. The second-order valence-corrected chi connectivity index (χ2v) is 6.63. The normalized spacial score (nSPS) is 10.8. The van der Waals surface area contributed by atoms with Crippen molar-refractivity contribution < 1.29 is 14.3 Å². The molecule has 0 fully saturated rings. The quantitative estimate of drug-likeness (QED) is 0.709. The molecule has 0 atom stereocenters. The summed E-state index contributed by atoms with van der Waals surface area (Å²) in [4.78, 5) is 28.9. The third-order valence-electron chi connectivity index (χ3n) is 3.82. The Morgan fingerprint density at radius 2 is 2.04 bits per heavy atom. The number of hydrogen-bond donors (Lipinski definition) is 1. The van der Waals surface area contributed by atoms with E-state index in [2.05, 4.69) is 16.4 Å². The van der Waals surface area contributed by atoms with Gasteiger partial charge in [-0.15, -0.1) is 0 Å². The summed E-state index contributed by atoms with van der Waals surface area (Å²) in [5.41, 5.74) is 2.58. The molecule has 2 aromatic heterocycles. The molecular weight excluding hydrogens is 338 g/mol. The molecule has 7 heteroatoms. The second kappa shape index (κ2) is 7.06. The number of amides is 1. The van der Waals surface area contributed by atoms with Gasteiger partial charge in [0.1, 0.15) is 11.4 Å². The largest absolute Gasteiger partial charge is 0.462 e. The summed E-state index contributed by atoms with van der Waals surface area (Å²) in [6.07, 6.45) is 0. The molecule has 6 nitrogen and oxygen atoms in total. The predicted molar refractivity (Wildman–Crippen MR) is 98.1 cm³/mol. The number of aromatic nitrogens is 2. The van der Waals surface area contributed by atoms with Crippen molar-refractivity contribution in [2.75, 3.05) is 11.9 Å². The van der Waals surface area contributed by atoms with Crippen LogP contribution < -0.4 is 5.32 Å². The number of para-hydroxylation sites is 1. The average molecular weight is 357 g/mol. The number of thiazole rings is 1. The monoisotopic (exact) mass is 357 g/mol. The van der Waals surface area contributed by atoms with E-state index in [0.717, 1.165) is 27.9 Å². The maximum Gasteiger partial charge on any atom is 0.350 e. The number of benzene rings is 1. The number of ether oxygens (including phenoxy) is 1. The molecule has 25 heavy (non-hydrogen) atoms. The summed E-state index contributed by atoms with van der Waals surface area (Å²) < 4.78 is 6.95. The van der Waals surface area contributed by atoms with E-state index >= 15 is 0 Å². The zero-order valence-electron chi connectivity index (χ0n) is 14.3. The molecule has 0 aliphatic rings. The van der Waals surface area contributed by atoms with E-state index < -0.39 is 5.97 Å². The number of nitrogens with one attached hydrogen (secondary N) is 1. The molecule has 2 heterocycles. The molecule has 0 saturated heterocycles. The van der Waals surface area contributed by atoms with Crippen molar-refractivity contribution in [3.63, 3.8) is 0 Å². The first kappa shape index (κ1) is 17.2. The van der Waals surface area contributed by atoms with Crippen LogP contribution in [-0.4, -0.2) is 28.0 Å². The minimum absolute atomic E-state index is 0.186. The Labute approximate surface area is 149 Å². The molecule has 1 amide bonds. The fourth-order valence-electron chi connectivity index (χ4n) is 2.70. The first-order valence-electron chi connectivity index (χ1n) is 7.99. The highest BCUT2D eigenvalue weighted by molar-refractivity contribution is 7.17. The van der Waals surface area contributed by atoms with Crippen molar-refractivity contribution in [2.24, 2.45) is 0 Å². The van der Waals surface area contributed by atoms with Crippen molar-refractivity contribution in [1.29, 1.82) is 0 Å². The lowest BCUT2D eigenvalue weighted by Crippen LogP contribution is -2.19. The average Bonchev–Trinajstić information content (AvgIpc) is 3.08. The molecular formula is C18H19N3O3S. The van der Waals surface area contributed by atoms with Gasteiger partial charge in [-0.25, -0.2) is 9.78 Å². The predicted octanol–water partition coefficient (Wildman–Crippen LogP) is 3.53. The number of carbonyl (C=O) groups excluding carboxylic acids is 2. The highest BCUT2D eigenvalue weighted by Crippen LogP contribution is 2.24. The van der Waals surface area contributed by atoms with E-state index in [4.69, 9.17) is 4.74 Å². The summed E-state index contributed by atoms with van der Waals surface area (Å²) in [5, 5.41) is 4.27. The lowest BCUT2D eigenvalue weighted by atomic mass is 10.2. The molecule has 0 aliphatic heterocycles. The number of carbonyl (C=O) groups is 2. The van der Waals surface area contributed by atoms with Crippen LogP contribution in [0, 0.1) is 13.8 Å². The summed E-state index contributed by atoms with van der Waals surface area (Å²) in [6, 6.07) is 9.98. The van der Waals surface area contributed by atoms with Crippen LogP contribution >= 0.6 is 11.3 Å². The van der Waals surface area contributed by atoms with Gasteiger partial charge in [0.15, 0.2) is 5.13 Å². The number of anilines is 1. The Balaban J connectivity index is 1.75. The molecule has 3 rings (SSSR count). The zero-order chi connectivity index (χ0) is 18.0. The maximum absolute atomic E-state index is 12.4. The summed E-state index contributed by atoms with van der Waals surface area (Å²) >= 11 is 1.13. The van der Waals surface area contributed by atoms with E-state index in [1.807, 2.05) is 35.8 Å². The van der Waals surface area contributed by atoms with Crippen LogP contribution in [0.3, 0.4) is 0 Å². The second-order valence-electron chi connectivity index (χ2n) is 5.63. The number of nitrogens with zero attached hydrogens (tertiary/aromatic N) is 2. The van der Waals surface area contributed by atoms with Crippen LogP contribution in [0.4, 0.5) is 5.13 Å². The van der Waals surface area contributed by atoms with E-state index in [9.17, 15) is 9.59 Å².